The van der Waals surface area contributed by atoms with E-state index in [4.69, 9.17) is 9.73 Å². The predicted octanol–water partition coefficient (Wildman–Crippen LogP) is 5.77. The summed E-state index contributed by atoms with van der Waals surface area (Å²) in [5.41, 5.74) is 3.40. The van der Waals surface area contributed by atoms with E-state index in [1.54, 1.807) is 30.5 Å². The molecule has 5 rings (SSSR count). The molecular weight excluding hydrogens is 476 g/mol. The number of nitrogens with zero attached hydrogens (tertiary/aromatic N) is 4. The first-order chi connectivity index (χ1) is 17.8. The van der Waals surface area contributed by atoms with E-state index in [2.05, 4.69) is 4.98 Å². The lowest BCUT2D eigenvalue weighted by molar-refractivity contribution is -0.385. The van der Waals surface area contributed by atoms with E-state index in [1.807, 2.05) is 13.0 Å². The SMILES string of the molecule is Cc1cc(Oc2ccc([N+](=O)[O-])cc2)ccc1C1=NC(c2ccc([N+](=O)[O-])cc2)C(=O)c2cccnc21. The van der Waals surface area contributed by atoms with Gasteiger partial charge in [0.2, 0.25) is 0 Å². The molecule has 0 radical (unpaired) electrons. The number of benzene rings is 3. The third-order valence-corrected chi connectivity index (χ3v) is 5.96. The maximum absolute atomic E-state index is 13.3. The smallest absolute Gasteiger partial charge is 0.269 e. The van der Waals surface area contributed by atoms with E-state index in [0.29, 0.717) is 34.0 Å². The molecule has 2 heterocycles. The number of fused-ring (bicyclic) bond motifs is 1. The van der Waals surface area contributed by atoms with Crippen LogP contribution >= 0.6 is 0 Å². The maximum Gasteiger partial charge on any atom is 0.269 e. The molecule has 0 spiro atoms. The van der Waals surface area contributed by atoms with E-state index in [0.717, 1.165) is 11.1 Å². The van der Waals surface area contributed by atoms with Crippen LogP contribution in [0.5, 0.6) is 11.5 Å². The van der Waals surface area contributed by atoms with Crippen LogP contribution in [-0.2, 0) is 0 Å². The second-order valence-corrected chi connectivity index (χ2v) is 8.32. The fourth-order valence-corrected chi connectivity index (χ4v) is 4.13. The van der Waals surface area contributed by atoms with Crippen LogP contribution in [0.25, 0.3) is 0 Å². The Hall–Kier alpha value is -5.25. The molecule has 0 aliphatic carbocycles. The summed E-state index contributed by atoms with van der Waals surface area (Å²) in [6.07, 6.45) is 1.59. The molecule has 1 aromatic heterocycles. The number of aromatic nitrogens is 1. The van der Waals surface area contributed by atoms with Crippen LogP contribution in [0.2, 0.25) is 0 Å². The Kier molecular flexibility index (Phi) is 5.98. The molecule has 1 unspecified atom stereocenters. The largest absolute Gasteiger partial charge is 0.457 e. The summed E-state index contributed by atoms with van der Waals surface area (Å²) in [4.78, 5) is 43.4. The minimum atomic E-state index is -0.872. The van der Waals surface area contributed by atoms with Gasteiger partial charge in [-0.1, -0.05) is 0 Å². The molecular formula is C27H18N4O6. The summed E-state index contributed by atoms with van der Waals surface area (Å²) < 4.78 is 5.86. The molecule has 0 fully saturated rings. The first-order valence-corrected chi connectivity index (χ1v) is 11.2. The second-order valence-electron chi connectivity index (χ2n) is 8.32. The third-order valence-electron chi connectivity index (χ3n) is 5.96. The summed E-state index contributed by atoms with van der Waals surface area (Å²) in [5.74, 6) is 0.732. The van der Waals surface area contributed by atoms with E-state index in [9.17, 15) is 25.0 Å². The van der Waals surface area contributed by atoms with Gasteiger partial charge in [-0.2, -0.15) is 0 Å². The summed E-state index contributed by atoms with van der Waals surface area (Å²) in [5, 5.41) is 21.9. The van der Waals surface area contributed by atoms with Crippen LogP contribution in [0.1, 0.15) is 38.8 Å². The Morgan fingerprint density at radius 1 is 0.811 bits per heavy atom. The summed E-state index contributed by atoms with van der Waals surface area (Å²) in [6.45, 7) is 1.88. The number of carbonyl (C=O) groups is 1. The highest BCUT2D eigenvalue weighted by atomic mass is 16.6. The van der Waals surface area contributed by atoms with E-state index < -0.39 is 15.9 Å². The molecule has 37 heavy (non-hydrogen) atoms. The number of hydrogen-bond acceptors (Lipinski definition) is 8. The molecule has 1 aliphatic heterocycles. The molecule has 4 aromatic rings. The molecule has 3 aromatic carbocycles. The van der Waals surface area contributed by atoms with Crippen molar-refractivity contribution in [2.45, 2.75) is 13.0 Å². The number of carbonyl (C=O) groups excluding carboxylic acids is 1. The van der Waals surface area contributed by atoms with Gasteiger partial charge in [-0.25, -0.2) is 0 Å². The Morgan fingerprint density at radius 2 is 1.43 bits per heavy atom. The monoisotopic (exact) mass is 494 g/mol. The highest BCUT2D eigenvalue weighted by Gasteiger charge is 2.32. The van der Waals surface area contributed by atoms with Gasteiger partial charge in [0.25, 0.3) is 11.4 Å². The molecule has 10 heteroatoms. The number of ketones is 1. The van der Waals surface area contributed by atoms with Crippen molar-refractivity contribution < 1.29 is 19.4 Å². The van der Waals surface area contributed by atoms with Crippen molar-refractivity contribution in [3.05, 3.63) is 133 Å². The lowest BCUT2D eigenvalue weighted by atomic mass is 9.89. The molecule has 1 atom stereocenters. The number of nitro benzene ring substituents is 2. The van der Waals surface area contributed by atoms with Crippen LogP contribution in [0, 0.1) is 27.2 Å². The highest BCUT2D eigenvalue weighted by Crippen LogP contribution is 2.33. The van der Waals surface area contributed by atoms with Gasteiger partial charge in [-0.05, 0) is 72.6 Å². The van der Waals surface area contributed by atoms with Crippen molar-refractivity contribution in [1.82, 2.24) is 4.98 Å². The molecule has 0 amide bonds. The van der Waals surface area contributed by atoms with Gasteiger partial charge in [0.1, 0.15) is 17.5 Å². The van der Waals surface area contributed by atoms with Gasteiger partial charge in [0.15, 0.2) is 5.78 Å². The number of rotatable bonds is 6. The number of nitro groups is 2. The van der Waals surface area contributed by atoms with Crippen molar-refractivity contribution in [3.8, 4) is 11.5 Å². The minimum absolute atomic E-state index is 0.0301. The molecule has 182 valence electrons. The van der Waals surface area contributed by atoms with Crippen LogP contribution in [0.3, 0.4) is 0 Å². The Morgan fingerprint density at radius 3 is 2.05 bits per heavy atom. The van der Waals surface area contributed by atoms with E-state index >= 15 is 0 Å². The highest BCUT2D eigenvalue weighted by molar-refractivity contribution is 6.22. The van der Waals surface area contributed by atoms with Crippen molar-refractivity contribution in [2.24, 2.45) is 4.99 Å². The second kappa shape index (κ2) is 9.42. The summed E-state index contributed by atoms with van der Waals surface area (Å²) in [6, 6.07) is 19.4. The molecule has 0 N–H and O–H groups in total. The van der Waals surface area contributed by atoms with E-state index in [-0.39, 0.29) is 17.2 Å². The third kappa shape index (κ3) is 4.55. The lowest BCUT2D eigenvalue weighted by Crippen LogP contribution is -2.25. The summed E-state index contributed by atoms with van der Waals surface area (Å²) >= 11 is 0. The quantitative estimate of drug-likeness (QED) is 0.245. The van der Waals surface area contributed by atoms with Gasteiger partial charge in [-0.15, -0.1) is 0 Å². The Balaban J connectivity index is 1.51. The van der Waals surface area contributed by atoms with Crippen LogP contribution in [0.4, 0.5) is 11.4 Å². The predicted molar refractivity (Wildman–Crippen MR) is 134 cm³/mol. The van der Waals surface area contributed by atoms with Crippen LogP contribution < -0.4 is 4.74 Å². The fraction of sp³-hybridized carbons (Fsp3) is 0.0741. The van der Waals surface area contributed by atoms with Crippen LogP contribution in [-0.4, -0.2) is 26.3 Å². The van der Waals surface area contributed by atoms with Crippen molar-refractivity contribution >= 4 is 22.9 Å². The van der Waals surface area contributed by atoms with E-state index in [1.165, 1.54) is 48.5 Å². The molecule has 0 saturated heterocycles. The molecule has 10 nitrogen and oxygen atoms in total. The molecule has 1 aliphatic rings. The van der Waals surface area contributed by atoms with Gasteiger partial charge in [-0.3, -0.25) is 35.0 Å². The van der Waals surface area contributed by atoms with Crippen molar-refractivity contribution in [1.29, 1.82) is 0 Å². The van der Waals surface area contributed by atoms with Gasteiger partial charge >= 0.3 is 0 Å². The molecule has 0 saturated carbocycles. The zero-order valence-electron chi connectivity index (χ0n) is 19.4. The van der Waals surface area contributed by atoms with Crippen molar-refractivity contribution in [3.63, 3.8) is 0 Å². The lowest BCUT2D eigenvalue weighted by Gasteiger charge is -2.23. The fourth-order valence-electron chi connectivity index (χ4n) is 4.13. The topological polar surface area (TPSA) is 138 Å². The molecule has 0 bridgehead atoms. The standard InChI is InChI=1S/C27H18N4O6/c1-16-15-21(37-20-10-8-19(9-11-20)31(35)36)12-13-22(16)26-25-23(3-2-14-28-25)27(32)24(29-26)17-4-6-18(7-5-17)30(33)34/h2-15,24H,1H3. The average molecular weight is 494 g/mol. The number of non-ortho nitro benzene ring substituents is 2. The van der Waals surface area contributed by atoms with Crippen molar-refractivity contribution in [2.75, 3.05) is 0 Å². The zero-order chi connectivity index (χ0) is 26.1. The first-order valence-electron chi connectivity index (χ1n) is 11.2. The van der Waals surface area contributed by atoms with Crippen LogP contribution in [0.15, 0.2) is 90.1 Å². The number of Topliss-reactive ketones (excluding diaryl/α,β-unsaturated/α-hetero) is 1. The minimum Gasteiger partial charge on any atom is -0.457 e. The number of ether oxygens (including phenoxy) is 1. The number of pyridine rings is 1. The summed E-state index contributed by atoms with van der Waals surface area (Å²) in [7, 11) is 0. The van der Waals surface area contributed by atoms with Gasteiger partial charge < -0.3 is 4.74 Å². The zero-order valence-corrected chi connectivity index (χ0v) is 19.4. The first kappa shape index (κ1) is 23.5. The number of aryl methyl sites for hydroxylation is 1. The normalized spacial score (nSPS) is 14.5. The van der Waals surface area contributed by atoms with Gasteiger partial charge in [0.05, 0.1) is 21.3 Å². The maximum atomic E-state index is 13.3. The van der Waals surface area contributed by atoms with Gasteiger partial charge in [0, 0.05) is 41.6 Å². The average Bonchev–Trinajstić information content (AvgIpc) is 2.90. The Labute approximate surface area is 210 Å². The number of hydrogen-bond donors (Lipinski definition) is 0. The number of aliphatic imine (C=N–C) groups is 1. The Bertz CT molecular complexity index is 1580.